The molecule has 0 saturated carbocycles. The van der Waals surface area contributed by atoms with Gasteiger partial charge in [-0.2, -0.15) is 0 Å². The van der Waals surface area contributed by atoms with Crippen LogP contribution in [0.15, 0.2) is 11.8 Å². The Morgan fingerprint density at radius 2 is 2.20 bits per heavy atom. The van der Waals surface area contributed by atoms with Gasteiger partial charge >= 0.3 is 7.25 Å². The maximum atomic E-state index is 8.75. The topological polar surface area (TPSA) is 46.9 Å². The van der Waals surface area contributed by atoms with Gasteiger partial charge in [-0.3, -0.25) is 0 Å². The fourth-order valence-corrected chi connectivity index (χ4v) is 1.05. The molecule has 0 amide bonds. The van der Waals surface area contributed by atoms with E-state index >= 15 is 0 Å². The lowest BCUT2D eigenvalue weighted by Gasteiger charge is -2.23. The molecule has 2 N–H and O–H groups in total. The van der Waals surface area contributed by atoms with Gasteiger partial charge in [0.2, 0.25) is 0 Å². The summed E-state index contributed by atoms with van der Waals surface area (Å²) in [7, 11) is 0.384. The van der Waals surface area contributed by atoms with Crippen LogP contribution in [0.25, 0.3) is 0 Å². The molecule has 1 rings (SSSR count). The predicted molar refractivity (Wildman–Crippen MR) is 38.4 cm³/mol. The van der Waals surface area contributed by atoms with Crippen LogP contribution >= 0.6 is 0 Å². The van der Waals surface area contributed by atoms with Crippen LogP contribution in [-0.4, -0.2) is 40.8 Å². The Kier molecular flexibility index (Phi) is 1.98. The van der Waals surface area contributed by atoms with Gasteiger partial charge in [0.25, 0.3) is 0 Å². The normalized spacial score (nSPS) is 19.6. The van der Waals surface area contributed by atoms with Crippen LogP contribution in [0.5, 0.6) is 0 Å². The number of hydrogen-bond acceptors (Lipinski definition) is 4. The zero-order valence-corrected chi connectivity index (χ0v) is 6.15. The smallest absolute Gasteiger partial charge is 0.412 e. The summed E-state index contributed by atoms with van der Waals surface area (Å²) in [5.74, 6) is 0. The summed E-state index contributed by atoms with van der Waals surface area (Å²) in [5.41, 5.74) is 1.12. The van der Waals surface area contributed by atoms with Gasteiger partial charge in [0.05, 0.1) is 0 Å². The molecule has 0 aromatic heterocycles. The third kappa shape index (κ3) is 1.31. The van der Waals surface area contributed by atoms with E-state index < -0.39 is 7.25 Å². The van der Waals surface area contributed by atoms with Crippen LogP contribution in [0.1, 0.15) is 6.92 Å². The monoisotopic (exact) mass is 142 g/mol. The minimum absolute atomic E-state index is 0.591. The summed E-state index contributed by atoms with van der Waals surface area (Å²) in [6.07, 6.45) is 1.86. The van der Waals surface area contributed by atoms with Crippen molar-refractivity contribution >= 4 is 7.25 Å². The molecule has 0 unspecified atom stereocenters. The first-order valence-corrected chi connectivity index (χ1v) is 3.14. The van der Waals surface area contributed by atoms with E-state index in [-0.39, 0.29) is 0 Å². The van der Waals surface area contributed by atoms with Crippen molar-refractivity contribution in [2.75, 3.05) is 13.6 Å². The van der Waals surface area contributed by atoms with Gasteiger partial charge in [0, 0.05) is 19.8 Å². The average Bonchev–Trinajstić information content (AvgIpc) is 2.10. The Balaban J connectivity index is 2.55. The van der Waals surface area contributed by atoms with E-state index in [2.05, 4.69) is 0 Å². The van der Waals surface area contributed by atoms with E-state index in [1.54, 1.807) is 12.1 Å². The van der Waals surface area contributed by atoms with E-state index in [4.69, 9.17) is 10.0 Å². The Labute approximate surface area is 60.5 Å². The van der Waals surface area contributed by atoms with Crippen molar-refractivity contribution < 1.29 is 10.0 Å². The van der Waals surface area contributed by atoms with E-state index in [9.17, 15) is 0 Å². The summed E-state index contributed by atoms with van der Waals surface area (Å²) >= 11 is 0. The molecule has 1 heterocycles. The minimum Gasteiger partial charge on any atom is -0.412 e. The van der Waals surface area contributed by atoms with Crippen molar-refractivity contribution in [2.24, 2.45) is 0 Å². The lowest BCUT2D eigenvalue weighted by molar-refractivity contribution is 0.125. The van der Waals surface area contributed by atoms with Crippen LogP contribution < -0.4 is 0 Å². The number of rotatable bonds is 1. The van der Waals surface area contributed by atoms with Crippen LogP contribution in [0.2, 0.25) is 0 Å². The molecule has 5 heteroatoms. The molecule has 0 aromatic carbocycles. The van der Waals surface area contributed by atoms with Gasteiger partial charge < -0.3 is 15.1 Å². The van der Waals surface area contributed by atoms with Gasteiger partial charge in [-0.05, 0) is 12.5 Å². The van der Waals surface area contributed by atoms with Crippen molar-refractivity contribution in [1.29, 1.82) is 0 Å². The highest BCUT2D eigenvalue weighted by Gasteiger charge is 2.27. The quantitative estimate of drug-likeness (QED) is 0.462. The largest absolute Gasteiger partial charge is 0.571 e. The summed E-state index contributed by atoms with van der Waals surface area (Å²) in [6.45, 7) is 2.53. The van der Waals surface area contributed by atoms with Gasteiger partial charge in [-0.15, -0.1) is 0 Å². The maximum Gasteiger partial charge on any atom is 0.571 e. The fourth-order valence-electron chi connectivity index (χ4n) is 1.05. The molecule has 0 fully saturated rings. The third-order valence-corrected chi connectivity index (χ3v) is 1.49. The van der Waals surface area contributed by atoms with Crippen LogP contribution in [0.3, 0.4) is 0 Å². The Bertz CT molecular complexity index is 160. The van der Waals surface area contributed by atoms with E-state index in [1.807, 2.05) is 13.1 Å². The van der Waals surface area contributed by atoms with Crippen LogP contribution in [0, 0.1) is 0 Å². The second-order valence-corrected chi connectivity index (χ2v) is 2.49. The Hall–Kier alpha value is -0.515. The summed E-state index contributed by atoms with van der Waals surface area (Å²) in [4.78, 5) is 1.44. The minimum atomic E-state index is -1.39. The van der Waals surface area contributed by atoms with Crippen molar-refractivity contribution in [2.45, 2.75) is 6.92 Å². The first kappa shape index (κ1) is 7.59. The van der Waals surface area contributed by atoms with Crippen LogP contribution in [-0.2, 0) is 0 Å². The summed E-state index contributed by atoms with van der Waals surface area (Å²) < 4.78 is 0. The molecule has 0 radical (unpaired) electrons. The molecular weight excluding hydrogens is 131 g/mol. The number of hydrazine groups is 1. The number of hydrogen-bond donors (Lipinski definition) is 2. The molecule has 0 saturated heterocycles. The Morgan fingerprint density at radius 3 is 2.40 bits per heavy atom. The van der Waals surface area contributed by atoms with Gasteiger partial charge in [-0.25, -0.2) is 4.92 Å². The SMILES string of the molecule is CC1=CN(C)N(B(O)O)C1. The lowest BCUT2D eigenvalue weighted by atomic mass is 10.1. The van der Waals surface area contributed by atoms with E-state index in [1.165, 1.54) is 4.92 Å². The predicted octanol–water partition coefficient (Wildman–Crippen LogP) is -0.978. The summed E-state index contributed by atoms with van der Waals surface area (Å²) in [6, 6.07) is 0. The lowest BCUT2D eigenvalue weighted by Crippen LogP contribution is -2.45. The van der Waals surface area contributed by atoms with E-state index in [0.29, 0.717) is 6.54 Å². The molecular formula is C5H11BN2O2. The van der Waals surface area contributed by atoms with Gasteiger partial charge in [0.1, 0.15) is 0 Å². The molecule has 1 aliphatic rings. The molecule has 0 aliphatic carbocycles. The third-order valence-electron chi connectivity index (χ3n) is 1.49. The number of nitrogens with zero attached hydrogens (tertiary/aromatic N) is 2. The summed E-state index contributed by atoms with van der Waals surface area (Å²) in [5, 5.41) is 19.2. The van der Waals surface area contributed by atoms with Gasteiger partial charge in [-0.1, -0.05) is 0 Å². The highest BCUT2D eigenvalue weighted by molar-refractivity contribution is 6.37. The molecule has 0 spiro atoms. The van der Waals surface area contributed by atoms with Crippen LogP contribution in [0.4, 0.5) is 0 Å². The maximum absolute atomic E-state index is 8.75. The molecule has 10 heavy (non-hydrogen) atoms. The molecule has 0 aromatic rings. The highest BCUT2D eigenvalue weighted by atomic mass is 16.4. The van der Waals surface area contributed by atoms with Gasteiger partial charge in [0.15, 0.2) is 0 Å². The molecule has 0 bridgehead atoms. The molecule has 4 nitrogen and oxygen atoms in total. The first-order valence-electron chi connectivity index (χ1n) is 3.14. The highest BCUT2D eigenvalue weighted by Crippen LogP contribution is 2.11. The second-order valence-electron chi connectivity index (χ2n) is 2.49. The zero-order valence-electron chi connectivity index (χ0n) is 6.15. The van der Waals surface area contributed by atoms with Crippen molar-refractivity contribution in [3.05, 3.63) is 11.8 Å². The van der Waals surface area contributed by atoms with E-state index in [0.717, 1.165) is 5.57 Å². The fraction of sp³-hybridized carbons (Fsp3) is 0.600. The molecule has 0 atom stereocenters. The zero-order chi connectivity index (χ0) is 7.72. The van der Waals surface area contributed by atoms with Crippen molar-refractivity contribution in [3.8, 4) is 0 Å². The first-order chi connectivity index (χ1) is 4.61. The van der Waals surface area contributed by atoms with Crippen molar-refractivity contribution in [1.82, 2.24) is 9.93 Å². The Morgan fingerprint density at radius 1 is 1.60 bits per heavy atom. The molecule has 1 aliphatic heterocycles. The van der Waals surface area contributed by atoms with Crippen molar-refractivity contribution in [3.63, 3.8) is 0 Å². The average molecular weight is 142 g/mol. The molecule has 56 valence electrons. The standard InChI is InChI=1S/C5H11BN2O2/c1-5-3-7(2)8(4-5)6(9)10/h3,9-10H,4H2,1-2H3. The second kappa shape index (κ2) is 2.61.